The van der Waals surface area contributed by atoms with E-state index in [1.54, 1.807) is 26.0 Å². The van der Waals surface area contributed by atoms with Crippen molar-refractivity contribution in [2.45, 2.75) is 211 Å². The maximum absolute atomic E-state index is 13.8. The highest BCUT2D eigenvalue weighted by molar-refractivity contribution is 6.05. The number of carbonyl (C=O) groups is 5. The average Bonchev–Trinajstić information content (AvgIpc) is 1.77. The summed E-state index contributed by atoms with van der Waals surface area (Å²) in [5.41, 5.74) is -6.27. The highest BCUT2D eigenvalue weighted by Gasteiger charge is 2.85. The molecule has 16 aliphatic carbocycles. The van der Waals surface area contributed by atoms with E-state index in [0.29, 0.717) is 48.0 Å². The average molecular weight is 1090 g/mol. The number of ketones is 2. The van der Waals surface area contributed by atoms with Gasteiger partial charge in [0.1, 0.15) is 29.0 Å². The number of esters is 3. The minimum atomic E-state index is -1.80. The molecule has 0 amide bonds. The van der Waals surface area contributed by atoms with Crippen LogP contribution in [0.15, 0.2) is 46.6 Å². The van der Waals surface area contributed by atoms with Gasteiger partial charge in [-0.05, 0) is 184 Å². The van der Waals surface area contributed by atoms with Gasteiger partial charge in [0.05, 0.1) is 30.7 Å². The number of fused-ring (bicyclic) bond motifs is 10. The molecule has 8 bridgehead atoms. The van der Waals surface area contributed by atoms with Gasteiger partial charge in [0.2, 0.25) is 0 Å². The first-order valence-electron chi connectivity index (χ1n) is 30.8. The first-order valence-corrected chi connectivity index (χ1v) is 30.8. The number of carbonyl (C=O) groups excluding carboxylic acids is 5. The molecule has 79 heavy (non-hydrogen) atoms. The molecule has 0 unspecified atom stereocenters. The normalized spacial score (nSPS) is 51.7. The van der Waals surface area contributed by atoms with E-state index >= 15 is 0 Å². The fourth-order valence-corrected chi connectivity index (χ4v) is 23.5. The summed E-state index contributed by atoms with van der Waals surface area (Å²) in [4.78, 5) is 65.7. The molecule has 16 rings (SSSR count). The second-order valence-electron chi connectivity index (χ2n) is 31.5. The second kappa shape index (κ2) is 17.3. The number of Topliss-reactive ketones (excluding diaryl/α,β-unsaturated/α-hetero) is 2. The van der Waals surface area contributed by atoms with Gasteiger partial charge in [-0.1, -0.05) is 65.8 Å². The summed E-state index contributed by atoms with van der Waals surface area (Å²) in [6.07, 6.45) is 24.3. The van der Waals surface area contributed by atoms with Crippen LogP contribution in [0.5, 0.6) is 0 Å². The van der Waals surface area contributed by atoms with Crippen LogP contribution in [0.1, 0.15) is 178 Å². The molecule has 12 saturated carbocycles. The third kappa shape index (κ3) is 7.57. The Labute approximate surface area is 467 Å². The summed E-state index contributed by atoms with van der Waals surface area (Å²) < 4.78 is 18.5. The molecule has 5 N–H and O–H groups in total. The van der Waals surface area contributed by atoms with E-state index in [2.05, 4.69) is 27.7 Å². The first-order chi connectivity index (χ1) is 36.9. The molecule has 432 valence electrons. The number of hydrogen-bond acceptors (Lipinski definition) is 13. The van der Waals surface area contributed by atoms with Crippen molar-refractivity contribution < 1.29 is 63.7 Å². The zero-order valence-corrected chi connectivity index (χ0v) is 48.5. The molecule has 0 spiro atoms. The van der Waals surface area contributed by atoms with Crippen molar-refractivity contribution in [2.24, 2.45) is 105 Å². The molecule has 0 saturated heterocycles. The van der Waals surface area contributed by atoms with Gasteiger partial charge in [-0.15, -0.1) is 0 Å². The maximum atomic E-state index is 13.8. The van der Waals surface area contributed by atoms with Gasteiger partial charge < -0.3 is 39.7 Å². The molecular weight excluding hydrogens is 1000 g/mol. The fourth-order valence-electron chi connectivity index (χ4n) is 23.5. The highest BCUT2D eigenvalue weighted by Crippen LogP contribution is 2.79. The van der Waals surface area contributed by atoms with E-state index in [1.165, 1.54) is 45.4 Å². The van der Waals surface area contributed by atoms with Gasteiger partial charge in [-0.3, -0.25) is 24.0 Å². The lowest BCUT2D eigenvalue weighted by Gasteiger charge is -2.56. The second-order valence-corrected chi connectivity index (χ2v) is 31.5. The molecule has 16 aliphatic rings. The molecule has 14 atom stereocenters. The summed E-state index contributed by atoms with van der Waals surface area (Å²) in [7, 11) is 0. The lowest BCUT2D eigenvalue weighted by molar-refractivity contribution is -0.190. The third-order valence-electron chi connectivity index (χ3n) is 26.0. The number of rotatable bonds is 9. The van der Waals surface area contributed by atoms with Gasteiger partial charge in [0.15, 0.2) is 11.6 Å². The lowest BCUT2D eigenvalue weighted by Crippen LogP contribution is -2.61. The molecule has 0 aromatic heterocycles. The fraction of sp³-hybridized carbons (Fsp3) is 0.803. The van der Waals surface area contributed by atoms with Gasteiger partial charge in [-0.25, -0.2) is 0 Å². The molecule has 13 heteroatoms. The van der Waals surface area contributed by atoms with E-state index in [-0.39, 0.29) is 89.5 Å². The van der Waals surface area contributed by atoms with Crippen LogP contribution < -0.4 is 0 Å². The maximum Gasteiger partial charge on any atom is 0.306 e. The summed E-state index contributed by atoms with van der Waals surface area (Å²) in [6.45, 7) is 16.8. The Bertz CT molecular complexity index is 2740. The molecule has 13 nitrogen and oxygen atoms in total. The number of aliphatic hydroxyl groups is 5. The van der Waals surface area contributed by atoms with Crippen molar-refractivity contribution in [3.63, 3.8) is 0 Å². The smallest absolute Gasteiger partial charge is 0.306 e. The predicted molar refractivity (Wildman–Crippen MR) is 291 cm³/mol. The van der Waals surface area contributed by atoms with Crippen LogP contribution >= 0.6 is 0 Å². The Morgan fingerprint density at radius 3 is 1.23 bits per heavy atom. The van der Waals surface area contributed by atoms with Crippen LogP contribution in [-0.4, -0.2) is 102 Å². The first kappa shape index (κ1) is 54.7. The molecule has 0 heterocycles. The van der Waals surface area contributed by atoms with Crippen molar-refractivity contribution in [1.29, 1.82) is 0 Å². The summed E-state index contributed by atoms with van der Waals surface area (Å²) >= 11 is 0. The van der Waals surface area contributed by atoms with Crippen LogP contribution in [0.2, 0.25) is 0 Å². The predicted octanol–water partition coefficient (Wildman–Crippen LogP) is 8.80. The Hall–Kier alpha value is -3.49. The van der Waals surface area contributed by atoms with Crippen LogP contribution in [0.4, 0.5) is 0 Å². The van der Waals surface area contributed by atoms with Crippen molar-refractivity contribution in [2.75, 3.05) is 13.2 Å². The van der Waals surface area contributed by atoms with Gasteiger partial charge in [-0.2, -0.15) is 0 Å². The zero-order valence-electron chi connectivity index (χ0n) is 48.5. The summed E-state index contributed by atoms with van der Waals surface area (Å²) in [5.74, 6) is -0.269. The van der Waals surface area contributed by atoms with E-state index < -0.39 is 68.7 Å². The zero-order chi connectivity index (χ0) is 56.4. The monoisotopic (exact) mass is 1090 g/mol. The van der Waals surface area contributed by atoms with Crippen LogP contribution in [-0.2, 0) is 38.2 Å². The largest absolute Gasteiger partial charge is 0.461 e. The number of aliphatic hydroxyl groups excluding tert-OH is 1. The standard InChI is InChI=1S/C34H46O7.C32H44O6/c1-18-6-26-32(38,29(18)37)15-24(17-40-20(3)35)10-25-28-30(4,5)33(28,11-19(2)34(25,26)39)41-27(36)16-31-12-21-7-22(13-31)9-23(8-21)14-31;1-17-5-24-30(36,27(17)35)14-22(16-33)9-23-26-28(3,4)31(26,10-18(2)32(23,24)37)38-25(34)15-29-11-19-6-20(12-29)8-21(7-19)13-29/h6,10,19,21-23,25-26,28,38-39H,7-9,11-17H2,1-5H3;5,9,18-21,23-24,26,33,36-37H,6-8,10-16H2,1-4H3/t19-,21?,22?,23?,25+,26-,28-,31?,32-,33+,34-;18-,19?,20?,21?,23+,24-,26-,29?,30-,31+,32-/m11/s1. The molecule has 0 radical (unpaired) electrons. The third-order valence-corrected chi connectivity index (χ3v) is 26.0. The minimum Gasteiger partial charge on any atom is -0.461 e. The molecular formula is C66H90O13. The van der Waals surface area contributed by atoms with Gasteiger partial charge >= 0.3 is 17.9 Å². The lowest BCUT2D eigenvalue weighted by atomic mass is 9.49. The van der Waals surface area contributed by atoms with Crippen molar-refractivity contribution in [3.05, 3.63) is 46.6 Å². The number of hydrogen-bond donors (Lipinski definition) is 5. The Morgan fingerprint density at radius 1 is 0.544 bits per heavy atom. The van der Waals surface area contributed by atoms with E-state index in [4.69, 9.17) is 14.2 Å². The van der Waals surface area contributed by atoms with Crippen LogP contribution in [0.25, 0.3) is 0 Å². The van der Waals surface area contributed by atoms with E-state index in [9.17, 15) is 49.5 Å². The minimum absolute atomic E-state index is 0.00485. The SMILES string of the molecule is CC(=O)OCC1=C[C@H]2[C@@H]3C(C)(C)[C@]3(OC(=O)CC34CC5CC(CC(C5)C3)C4)C[C@@H](C)[C@]2(O)[C@@H]2C=C(C)C(=O)[C@@]2(O)C1.CC1=C[C@H]2[C@@]3(O)[C@H](C)C[C@]4(OC(=O)CC56CC7CC(CC(C7)C5)C6)[C@H]([C@@H]3C=C(CO)C[C@]2(O)C1=O)C4(C)C. The topological polar surface area (TPSA) is 214 Å². The number of ether oxygens (including phenoxy) is 3. The Morgan fingerprint density at radius 2 is 0.886 bits per heavy atom. The van der Waals surface area contributed by atoms with Gasteiger partial charge in [0.25, 0.3) is 0 Å². The molecule has 0 aliphatic heterocycles. The van der Waals surface area contributed by atoms with Gasteiger partial charge in [0, 0.05) is 66.1 Å². The Balaban J connectivity index is 0.000000150. The van der Waals surface area contributed by atoms with Crippen molar-refractivity contribution in [3.8, 4) is 0 Å². The highest BCUT2D eigenvalue weighted by atomic mass is 16.6. The molecule has 0 aromatic rings. The van der Waals surface area contributed by atoms with Crippen molar-refractivity contribution >= 4 is 29.5 Å². The summed E-state index contributed by atoms with van der Waals surface area (Å²) in [5, 5.41) is 58.9. The van der Waals surface area contributed by atoms with Crippen LogP contribution in [0, 0.1) is 105 Å². The molecule has 12 fully saturated rings. The van der Waals surface area contributed by atoms with Crippen molar-refractivity contribution in [1.82, 2.24) is 0 Å². The van der Waals surface area contributed by atoms with E-state index in [0.717, 1.165) is 74.0 Å². The van der Waals surface area contributed by atoms with E-state index in [1.807, 2.05) is 26.0 Å². The Kier molecular flexibility index (Phi) is 12.0. The quantitative estimate of drug-likeness (QED) is 0.0831. The van der Waals surface area contributed by atoms with Crippen LogP contribution in [0.3, 0.4) is 0 Å². The molecule has 0 aromatic carbocycles. The summed E-state index contributed by atoms with van der Waals surface area (Å²) in [6, 6.07) is 0.